The second kappa shape index (κ2) is 10.9. The van der Waals surface area contributed by atoms with E-state index in [2.05, 4.69) is 101 Å². The van der Waals surface area contributed by atoms with Gasteiger partial charge in [-0.05, 0) is 0 Å². The van der Waals surface area contributed by atoms with E-state index < -0.39 is 18.0 Å². The molecule has 0 heterocycles. The van der Waals surface area contributed by atoms with E-state index >= 15 is 0 Å². The van der Waals surface area contributed by atoms with Crippen molar-refractivity contribution in [2.75, 3.05) is 0 Å². The van der Waals surface area contributed by atoms with Gasteiger partial charge in [-0.3, -0.25) is 0 Å². The summed E-state index contributed by atoms with van der Waals surface area (Å²) in [4.78, 5) is 0. The van der Waals surface area contributed by atoms with E-state index in [-0.39, 0.29) is 5.43 Å². The van der Waals surface area contributed by atoms with Crippen LogP contribution in [-0.2, 0) is 18.0 Å². The van der Waals surface area contributed by atoms with Gasteiger partial charge in [0.1, 0.15) is 0 Å². The maximum atomic E-state index is 5.62. The molecule has 0 nitrogen and oxygen atoms in total. The number of benzene rings is 2. The molecule has 148 valence electrons. The monoisotopic (exact) mass is 504 g/mol. The van der Waals surface area contributed by atoms with Gasteiger partial charge in [-0.2, -0.15) is 11.1 Å². The minimum atomic E-state index is -1.65. The van der Waals surface area contributed by atoms with Gasteiger partial charge in [0.15, 0.2) is 0 Å². The summed E-state index contributed by atoms with van der Waals surface area (Å²) < 4.78 is 0. The zero-order valence-corrected chi connectivity index (χ0v) is 22.5. The van der Waals surface area contributed by atoms with E-state index in [0.29, 0.717) is 0 Å². The van der Waals surface area contributed by atoms with E-state index in [4.69, 9.17) is 17.0 Å². The fraction of sp³-hybridized carbons (Fsp3) is 0.250. The minimum Gasteiger partial charge on any atom is -0.154 e. The normalized spacial score (nSPS) is 10.1. The molecule has 0 saturated heterocycles. The fourth-order valence-electron chi connectivity index (χ4n) is 3.04. The van der Waals surface area contributed by atoms with E-state index in [0.717, 1.165) is 0 Å². The van der Waals surface area contributed by atoms with Crippen LogP contribution < -0.4 is 0 Å². The molecule has 0 atom stereocenters. The zero-order chi connectivity index (χ0) is 20.8. The fourth-order valence-corrected chi connectivity index (χ4v) is 3.04. The summed E-state index contributed by atoms with van der Waals surface area (Å²) in [7, 11) is 11.2. The first-order valence-electron chi connectivity index (χ1n) is 9.44. The molecule has 4 aromatic rings. The van der Waals surface area contributed by atoms with Gasteiger partial charge >= 0.3 is 53.5 Å². The van der Waals surface area contributed by atoms with E-state index in [1.54, 1.807) is 0 Å². The van der Waals surface area contributed by atoms with Gasteiger partial charge in [0.2, 0.25) is 0 Å². The van der Waals surface area contributed by atoms with Gasteiger partial charge in [0.25, 0.3) is 0 Å². The topological polar surface area (TPSA) is 0 Å². The van der Waals surface area contributed by atoms with Crippen LogP contribution in [0.1, 0.15) is 22.3 Å². The van der Waals surface area contributed by atoms with Crippen LogP contribution in [0.2, 0.25) is 13.1 Å². The molecule has 4 heteroatoms. The molecule has 0 saturated carbocycles. The van der Waals surface area contributed by atoms with Crippen LogP contribution >= 0.6 is 17.0 Å². The Morgan fingerprint density at radius 2 is 1.00 bits per heavy atom. The summed E-state index contributed by atoms with van der Waals surface area (Å²) >= 11 is -1.65. The van der Waals surface area contributed by atoms with Crippen molar-refractivity contribution in [3.05, 3.63) is 82.9 Å². The van der Waals surface area contributed by atoms with Gasteiger partial charge in [-0.15, -0.1) is 81.2 Å². The Bertz CT molecular complexity index is 1010. The van der Waals surface area contributed by atoms with Crippen molar-refractivity contribution in [1.29, 1.82) is 0 Å². The molecule has 0 aromatic heterocycles. The summed E-state index contributed by atoms with van der Waals surface area (Å²) in [6.45, 7) is 13.0. The largest absolute Gasteiger partial charge is 0.154 e. The summed E-state index contributed by atoms with van der Waals surface area (Å²) in [5.41, 5.74) is 5.40. The van der Waals surface area contributed by atoms with Crippen molar-refractivity contribution in [3.8, 4) is 0 Å². The van der Waals surface area contributed by atoms with Crippen molar-refractivity contribution in [2.45, 2.75) is 40.8 Å². The van der Waals surface area contributed by atoms with Crippen molar-refractivity contribution in [3.63, 3.8) is 0 Å². The minimum absolute atomic E-state index is 0.224. The maximum absolute atomic E-state index is 5.62. The van der Waals surface area contributed by atoms with Crippen LogP contribution in [0, 0.1) is 27.7 Å². The van der Waals surface area contributed by atoms with Gasteiger partial charge < -0.3 is 0 Å². The number of hydrogen-bond acceptors (Lipinski definition) is 0. The molecule has 0 bridgehead atoms. The van der Waals surface area contributed by atoms with Crippen molar-refractivity contribution in [1.82, 2.24) is 0 Å². The van der Waals surface area contributed by atoms with Gasteiger partial charge in [0.05, 0.1) is 0 Å². The number of aryl methyl sites for hydroxylation is 4. The summed E-state index contributed by atoms with van der Waals surface area (Å²) in [5.74, 6) is 0. The molecule has 0 aliphatic rings. The Balaban J connectivity index is 0.000000158. The third kappa shape index (κ3) is 6.17. The molecule has 0 unspecified atom stereocenters. The van der Waals surface area contributed by atoms with Crippen molar-refractivity contribution >= 4 is 44.0 Å². The molecule has 4 rings (SSSR count). The number of fused-ring (bicyclic) bond motifs is 2. The van der Waals surface area contributed by atoms with Crippen LogP contribution in [0.25, 0.3) is 21.5 Å². The molecule has 0 spiro atoms. The summed E-state index contributed by atoms with van der Waals surface area (Å²) in [6, 6.07) is 21.5. The van der Waals surface area contributed by atoms with Crippen molar-refractivity contribution < 1.29 is 18.0 Å². The molecule has 0 radical (unpaired) electrons. The Labute approximate surface area is 184 Å². The molecule has 0 fully saturated rings. The maximum Gasteiger partial charge on any atom is -0.0576 e. The van der Waals surface area contributed by atoms with Gasteiger partial charge in [-0.1, -0.05) is 39.8 Å². The van der Waals surface area contributed by atoms with E-state index in [9.17, 15) is 0 Å². The third-order valence-corrected chi connectivity index (χ3v) is 24.8. The van der Waals surface area contributed by atoms with Crippen LogP contribution in [0.3, 0.4) is 0 Å². The average molecular weight is 507 g/mol. The van der Waals surface area contributed by atoms with Gasteiger partial charge in [0, 0.05) is 0 Å². The van der Waals surface area contributed by atoms with Crippen molar-refractivity contribution in [2.24, 2.45) is 0 Å². The number of hydrogen-bond donors (Lipinski definition) is 0. The zero-order valence-electron chi connectivity index (χ0n) is 17.5. The predicted octanol–water partition coefficient (Wildman–Crippen LogP) is 8.51. The molecular weight excluding hydrogens is 478 g/mol. The number of halogens is 2. The Kier molecular flexibility index (Phi) is 9.22. The van der Waals surface area contributed by atoms with E-state index in [1.165, 1.54) is 43.8 Å². The Morgan fingerprint density at radius 3 is 1.29 bits per heavy atom. The second-order valence-corrected chi connectivity index (χ2v) is 30.3. The standard InChI is InChI=1S/2C11H11.C2H6Si.2ClH.Zr/c2*1-8-7-10-5-3-4-6-11(10)9(8)2;1-3-2;;;/h2*3-7H,1-2H3;1-2H3;2*1H;/q2*-1;;;;+2/p-2. The Morgan fingerprint density at radius 1 is 0.679 bits per heavy atom. The first kappa shape index (κ1) is 23.6. The summed E-state index contributed by atoms with van der Waals surface area (Å²) in [5, 5.41) is 5.51. The third-order valence-electron chi connectivity index (χ3n) is 5.03. The van der Waals surface area contributed by atoms with Crippen LogP contribution in [-0.4, -0.2) is 5.43 Å². The SMILES string of the molecule is C[Si](C)=[Zr]([Cl])[Cl].Cc1[cH-]c2ccccc2c1C.Cc1[cH-]c2ccccc2c1C. The first-order chi connectivity index (χ1) is 13.2. The average Bonchev–Trinajstić information content (AvgIpc) is 3.12. The van der Waals surface area contributed by atoms with E-state index in [1.807, 2.05) is 0 Å². The molecule has 28 heavy (non-hydrogen) atoms. The molecular formula is C24H28Cl2SiZr-2. The summed E-state index contributed by atoms with van der Waals surface area (Å²) in [6.07, 6.45) is 0. The molecule has 0 aliphatic heterocycles. The molecule has 4 aromatic carbocycles. The predicted molar refractivity (Wildman–Crippen MR) is 127 cm³/mol. The number of rotatable bonds is 0. The van der Waals surface area contributed by atoms with Gasteiger partial charge in [-0.25, -0.2) is 0 Å². The smallest absolute Gasteiger partial charge is 0.0576 e. The Hall–Kier alpha value is -0.660. The molecule has 0 aliphatic carbocycles. The van der Waals surface area contributed by atoms with Crippen LogP contribution in [0.15, 0.2) is 60.7 Å². The second-order valence-electron chi connectivity index (χ2n) is 7.34. The quantitative estimate of drug-likeness (QED) is 0.166. The van der Waals surface area contributed by atoms with Crippen LogP contribution in [0.5, 0.6) is 0 Å². The molecule has 0 amide bonds. The molecule has 0 N–H and O–H groups in total. The first-order valence-corrected chi connectivity index (χ1v) is 22.0. The van der Waals surface area contributed by atoms with Crippen LogP contribution in [0.4, 0.5) is 0 Å².